The summed E-state index contributed by atoms with van der Waals surface area (Å²) in [6, 6.07) is 7.71. The number of amides is 1. The first-order chi connectivity index (χ1) is 12.2. The third kappa shape index (κ3) is 3.23. The van der Waals surface area contributed by atoms with Crippen molar-refractivity contribution in [2.24, 2.45) is 4.99 Å². The van der Waals surface area contributed by atoms with Crippen LogP contribution in [0.25, 0.3) is 0 Å². The molecule has 0 aliphatic carbocycles. The number of fused-ring (bicyclic) bond motifs is 1. The first-order valence-corrected chi connectivity index (χ1v) is 8.86. The Hall–Kier alpha value is -2.63. The van der Waals surface area contributed by atoms with Crippen molar-refractivity contribution in [2.45, 2.75) is 46.1 Å². The molecule has 0 radical (unpaired) electrons. The van der Waals surface area contributed by atoms with Gasteiger partial charge in [-0.15, -0.1) is 0 Å². The number of carbonyl (C=O) groups is 1. The molecular formula is C20H26N4O2. The average Bonchev–Trinajstić information content (AvgIpc) is 2.90. The number of methoxy groups -OCH3 is 1. The summed E-state index contributed by atoms with van der Waals surface area (Å²) in [5.74, 6) is 0.817. The number of hydrogen-bond acceptors (Lipinski definition) is 4. The van der Waals surface area contributed by atoms with E-state index in [1.54, 1.807) is 11.8 Å². The lowest BCUT2D eigenvalue weighted by Crippen LogP contribution is -2.33. The molecule has 1 N–H and O–H groups in total. The number of rotatable bonds is 3. The zero-order chi connectivity index (χ0) is 19.1. The fraction of sp³-hybridized carbons (Fsp3) is 0.450. The van der Waals surface area contributed by atoms with E-state index in [2.05, 4.69) is 19.2 Å². The molecule has 0 unspecified atom stereocenters. The topological polar surface area (TPSA) is 68.5 Å². The number of ether oxygens (including phenoxy) is 1. The molecule has 1 aliphatic rings. The van der Waals surface area contributed by atoms with Gasteiger partial charge in [-0.3, -0.25) is 9.48 Å². The molecule has 0 bridgehead atoms. The Balaban J connectivity index is 2.18. The molecule has 2 aromatic rings. The van der Waals surface area contributed by atoms with E-state index in [1.165, 1.54) is 0 Å². The van der Waals surface area contributed by atoms with E-state index >= 15 is 0 Å². The van der Waals surface area contributed by atoms with E-state index in [4.69, 9.17) is 14.8 Å². The summed E-state index contributed by atoms with van der Waals surface area (Å²) in [5, 5.41) is 7.72. The Morgan fingerprint density at radius 2 is 1.85 bits per heavy atom. The predicted octanol–water partition coefficient (Wildman–Crippen LogP) is 3.63. The fourth-order valence-electron chi connectivity index (χ4n) is 2.99. The van der Waals surface area contributed by atoms with Gasteiger partial charge in [0.05, 0.1) is 30.6 Å². The van der Waals surface area contributed by atoms with E-state index < -0.39 is 0 Å². The standard InChI is InChI=1S/C20H26N4O2/c1-12(2)16-17-18(24(23-16)20(3,4)5)19(25)21-11-15(22-17)13-7-9-14(26-6)10-8-13/h7-10,12H,11H2,1-6H3,(H,21,25). The Kier molecular flexibility index (Phi) is 4.61. The van der Waals surface area contributed by atoms with Crippen LogP contribution in [-0.2, 0) is 5.54 Å². The van der Waals surface area contributed by atoms with Gasteiger partial charge in [0, 0.05) is 0 Å². The molecule has 1 aliphatic heterocycles. The van der Waals surface area contributed by atoms with Crippen LogP contribution in [-0.4, -0.2) is 35.1 Å². The number of aromatic nitrogens is 2. The molecule has 0 spiro atoms. The molecule has 1 aromatic carbocycles. The first-order valence-electron chi connectivity index (χ1n) is 8.86. The summed E-state index contributed by atoms with van der Waals surface area (Å²) in [7, 11) is 1.64. The molecular weight excluding hydrogens is 328 g/mol. The highest BCUT2D eigenvalue weighted by Crippen LogP contribution is 2.35. The molecule has 6 heteroatoms. The van der Waals surface area contributed by atoms with Crippen molar-refractivity contribution >= 4 is 17.3 Å². The molecule has 26 heavy (non-hydrogen) atoms. The number of carbonyl (C=O) groups excluding carboxylic acids is 1. The molecule has 0 fully saturated rings. The zero-order valence-electron chi connectivity index (χ0n) is 16.3. The van der Waals surface area contributed by atoms with Gasteiger partial charge < -0.3 is 10.1 Å². The predicted molar refractivity (Wildman–Crippen MR) is 103 cm³/mol. The number of nitrogens with zero attached hydrogens (tertiary/aromatic N) is 3. The minimum atomic E-state index is -0.311. The van der Waals surface area contributed by atoms with Crippen LogP contribution in [0.2, 0.25) is 0 Å². The fourth-order valence-corrected chi connectivity index (χ4v) is 2.99. The maximum absolute atomic E-state index is 12.8. The van der Waals surface area contributed by atoms with E-state index in [-0.39, 0.29) is 17.4 Å². The van der Waals surface area contributed by atoms with E-state index in [0.717, 1.165) is 22.7 Å². The second kappa shape index (κ2) is 6.59. The van der Waals surface area contributed by atoms with Gasteiger partial charge in [-0.2, -0.15) is 5.10 Å². The van der Waals surface area contributed by atoms with Crippen molar-refractivity contribution in [3.63, 3.8) is 0 Å². The Labute approximate surface area is 154 Å². The quantitative estimate of drug-likeness (QED) is 0.915. The van der Waals surface area contributed by atoms with Crippen LogP contribution in [0.15, 0.2) is 29.3 Å². The van der Waals surface area contributed by atoms with Gasteiger partial charge in [0.2, 0.25) is 0 Å². The van der Waals surface area contributed by atoms with Crippen LogP contribution in [0, 0.1) is 0 Å². The summed E-state index contributed by atoms with van der Waals surface area (Å²) in [5.41, 5.74) is 3.51. The minimum absolute atomic E-state index is 0.137. The van der Waals surface area contributed by atoms with Crippen molar-refractivity contribution in [2.75, 3.05) is 13.7 Å². The van der Waals surface area contributed by atoms with Gasteiger partial charge >= 0.3 is 0 Å². The van der Waals surface area contributed by atoms with Gasteiger partial charge in [-0.05, 0) is 56.5 Å². The third-order valence-electron chi connectivity index (χ3n) is 4.37. The van der Waals surface area contributed by atoms with Crippen molar-refractivity contribution in [3.05, 3.63) is 41.2 Å². The summed E-state index contributed by atoms with van der Waals surface area (Å²) in [6.07, 6.45) is 0. The van der Waals surface area contributed by atoms with Gasteiger partial charge in [-0.25, -0.2) is 4.99 Å². The lowest BCUT2D eigenvalue weighted by Gasteiger charge is -2.21. The molecule has 1 aromatic heterocycles. The highest BCUT2D eigenvalue weighted by molar-refractivity contribution is 6.10. The number of nitrogens with one attached hydrogen (secondary N) is 1. The highest BCUT2D eigenvalue weighted by atomic mass is 16.5. The van der Waals surface area contributed by atoms with E-state index in [1.807, 2.05) is 45.0 Å². The summed E-state index contributed by atoms with van der Waals surface area (Å²) in [4.78, 5) is 17.7. The lowest BCUT2D eigenvalue weighted by molar-refractivity contribution is 0.0942. The molecule has 3 rings (SSSR count). The van der Waals surface area contributed by atoms with Crippen molar-refractivity contribution in [3.8, 4) is 5.75 Å². The monoisotopic (exact) mass is 354 g/mol. The highest BCUT2D eigenvalue weighted by Gasteiger charge is 2.32. The van der Waals surface area contributed by atoms with Crippen LogP contribution >= 0.6 is 0 Å². The summed E-state index contributed by atoms with van der Waals surface area (Å²) >= 11 is 0. The average molecular weight is 354 g/mol. The second-order valence-electron chi connectivity index (χ2n) is 7.79. The second-order valence-corrected chi connectivity index (χ2v) is 7.79. The number of aliphatic imine (C=N–C) groups is 1. The molecule has 2 heterocycles. The molecule has 1 amide bonds. The van der Waals surface area contributed by atoms with E-state index in [0.29, 0.717) is 17.9 Å². The van der Waals surface area contributed by atoms with Crippen LogP contribution in [0.1, 0.15) is 62.3 Å². The van der Waals surface area contributed by atoms with Crippen molar-refractivity contribution in [1.82, 2.24) is 15.1 Å². The molecule has 6 nitrogen and oxygen atoms in total. The maximum Gasteiger partial charge on any atom is 0.272 e. The molecule has 0 atom stereocenters. The SMILES string of the molecule is COc1ccc(C2=Nc3c(C(C)C)nn(C(C)(C)C)c3C(=O)NC2)cc1. The van der Waals surface area contributed by atoms with Crippen molar-refractivity contribution in [1.29, 1.82) is 0 Å². The van der Waals surface area contributed by atoms with Crippen LogP contribution in [0.4, 0.5) is 5.69 Å². The maximum atomic E-state index is 12.8. The van der Waals surface area contributed by atoms with Crippen molar-refractivity contribution < 1.29 is 9.53 Å². The van der Waals surface area contributed by atoms with Gasteiger partial charge in [-0.1, -0.05) is 13.8 Å². The summed E-state index contributed by atoms with van der Waals surface area (Å²) < 4.78 is 7.02. The van der Waals surface area contributed by atoms with Gasteiger partial charge in [0.1, 0.15) is 11.4 Å². The Bertz CT molecular complexity index is 855. The zero-order valence-corrected chi connectivity index (χ0v) is 16.3. The smallest absolute Gasteiger partial charge is 0.272 e. The Morgan fingerprint density at radius 3 is 2.38 bits per heavy atom. The van der Waals surface area contributed by atoms with Gasteiger partial charge in [0.15, 0.2) is 5.69 Å². The normalized spacial score (nSPS) is 14.6. The minimum Gasteiger partial charge on any atom is -0.497 e. The van der Waals surface area contributed by atoms with Crippen LogP contribution in [0.5, 0.6) is 5.75 Å². The molecule has 0 saturated carbocycles. The number of hydrogen-bond donors (Lipinski definition) is 1. The first kappa shape index (κ1) is 18.2. The van der Waals surface area contributed by atoms with Crippen LogP contribution in [0.3, 0.4) is 0 Å². The molecule has 138 valence electrons. The van der Waals surface area contributed by atoms with Gasteiger partial charge in [0.25, 0.3) is 5.91 Å². The summed E-state index contributed by atoms with van der Waals surface area (Å²) in [6.45, 7) is 10.6. The Morgan fingerprint density at radius 1 is 1.19 bits per heavy atom. The largest absolute Gasteiger partial charge is 0.497 e. The van der Waals surface area contributed by atoms with E-state index in [9.17, 15) is 4.79 Å². The van der Waals surface area contributed by atoms with Crippen LogP contribution < -0.4 is 10.1 Å². The molecule has 0 saturated heterocycles. The number of benzene rings is 1. The third-order valence-corrected chi connectivity index (χ3v) is 4.37. The lowest BCUT2D eigenvalue weighted by atomic mass is 10.1.